The normalized spacial score (nSPS) is 10.3. The topological polar surface area (TPSA) is 79.5 Å². The van der Waals surface area contributed by atoms with Gasteiger partial charge in [-0.15, -0.1) is 0 Å². The number of aryl methyl sites for hydroxylation is 1. The lowest BCUT2D eigenvalue weighted by Crippen LogP contribution is -2.34. The quantitative estimate of drug-likeness (QED) is 0.229. The summed E-state index contributed by atoms with van der Waals surface area (Å²) in [6, 6.07) is 24.0. The lowest BCUT2D eigenvalue weighted by atomic mass is 10.1. The number of hydrogen-bond acceptors (Lipinski definition) is 4. The summed E-state index contributed by atoms with van der Waals surface area (Å²) in [7, 11) is 0. The number of ether oxygens (including phenoxy) is 1. The first-order valence-electron chi connectivity index (χ1n) is 11.8. The highest BCUT2D eigenvalue weighted by Gasteiger charge is 2.09. The molecule has 0 aromatic heterocycles. The Morgan fingerprint density at radius 2 is 1.49 bits per heavy atom. The Labute approximate surface area is 212 Å². The molecule has 0 fully saturated rings. The number of benzene rings is 3. The van der Waals surface area contributed by atoms with Gasteiger partial charge < -0.3 is 15.4 Å². The molecular weight excluding hydrogens is 458 g/mol. The molecule has 3 aromatic carbocycles. The van der Waals surface area contributed by atoms with Crippen molar-refractivity contribution in [2.45, 2.75) is 39.0 Å². The molecule has 182 valence electrons. The zero-order valence-corrected chi connectivity index (χ0v) is 20.7. The van der Waals surface area contributed by atoms with Crippen molar-refractivity contribution < 1.29 is 14.3 Å². The van der Waals surface area contributed by atoms with Crippen molar-refractivity contribution in [1.29, 1.82) is 0 Å². The molecule has 0 bridgehead atoms. The van der Waals surface area contributed by atoms with Crippen LogP contribution in [0, 0.1) is 0 Å². The summed E-state index contributed by atoms with van der Waals surface area (Å²) < 4.78 is 5.67. The van der Waals surface area contributed by atoms with E-state index in [1.54, 1.807) is 48.5 Å². The highest BCUT2D eigenvalue weighted by Crippen LogP contribution is 2.15. The highest BCUT2D eigenvalue weighted by molar-refractivity contribution is 7.80. The van der Waals surface area contributed by atoms with Gasteiger partial charge in [0.1, 0.15) is 5.75 Å². The van der Waals surface area contributed by atoms with Gasteiger partial charge >= 0.3 is 0 Å². The average molecular weight is 490 g/mol. The average Bonchev–Trinajstić information content (AvgIpc) is 2.87. The first kappa shape index (κ1) is 25.9. The van der Waals surface area contributed by atoms with E-state index in [9.17, 15) is 9.59 Å². The Hall–Kier alpha value is -3.71. The van der Waals surface area contributed by atoms with Crippen LogP contribution in [0.3, 0.4) is 0 Å². The smallest absolute Gasteiger partial charge is 0.257 e. The van der Waals surface area contributed by atoms with Gasteiger partial charge in [0.2, 0.25) is 5.91 Å². The van der Waals surface area contributed by atoms with E-state index in [1.165, 1.54) is 0 Å². The number of nitrogens with one attached hydrogen (secondary N) is 3. The summed E-state index contributed by atoms with van der Waals surface area (Å²) in [5.41, 5.74) is 3.02. The van der Waals surface area contributed by atoms with Crippen LogP contribution >= 0.6 is 12.2 Å². The van der Waals surface area contributed by atoms with Crippen molar-refractivity contribution in [1.82, 2.24) is 5.32 Å². The van der Waals surface area contributed by atoms with E-state index in [1.807, 2.05) is 30.3 Å². The summed E-state index contributed by atoms with van der Waals surface area (Å²) in [5.74, 6) is 0.391. The fraction of sp³-hybridized carbons (Fsp3) is 0.250. The zero-order chi connectivity index (χ0) is 24.9. The van der Waals surface area contributed by atoms with Crippen LogP contribution in [0.2, 0.25) is 0 Å². The molecule has 6 nitrogen and oxygen atoms in total. The van der Waals surface area contributed by atoms with Crippen molar-refractivity contribution in [3.63, 3.8) is 0 Å². The van der Waals surface area contributed by atoms with Gasteiger partial charge in [0.15, 0.2) is 5.11 Å². The lowest BCUT2D eigenvalue weighted by molar-refractivity contribution is -0.116. The van der Waals surface area contributed by atoms with Gasteiger partial charge in [-0.05, 0) is 79.2 Å². The predicted molar refractivity (Wildman–Crippen MR) is 145 cm³/mol. The molecule has 3 rings (SSSR count). The summed E-state index contributed by atoms with van der Waals surface area (Å²) in [6.45, 7) is 2.82. The number of carbonyl (C=O) groups is 2. The van der Waals surface area contributed by atoms with E-state index in [4.69, 9.17) is 17.0 Å². The van der Waals surface area contributed by atoms with Gasteiger partial charge in [0.25, 0.3) is 5.91 Å². The number of unbranched alkanes of at least 4 members (excludes halogenated alkanes) is 2. The number of carbonyl (C=O) groups excluding carboxylic acids is 2. The molecule has 0 aliphatic heterocycles. The third-order valence-electron chi connectivity index (χ3n) is 5.27. The third kappa shape index (κ3) is 9.22. The standard InChI is InChI=1S/C28H31N3O3S/c1-2-3-7-20-34-25-17-11-22(12-18-25)27(33)31-28(35)30-24-15-13-23(14-16-24)29-26(32)19-10-21-8-5-4-6-9-21/h4-6,8-9,11-18H,2-3,7,10,19-20H2,1H3,(H,29,32)(H2,30,31,33,35). The Kier molecular flexibility index (Phi) is 10.3. The zero-order valence-electron chi connectivity index (χ0n) is 19.9. The molecule has 0 aliphatic carbocycles. The number of amides is 2. The molecule has 2 amide bonds. The molecule has 3 N–H and O–H groups in total. The fourth-order valence-corrected chi connectivity index (χ4v) is 3.56. The van der Waals surface area contributed by atoms with Gasteiger partial charge in [-0.1, -0.05) is 50.1 Å². The number of hydrogen-bond donors (Lipinski definition) is 3. The van der Waals surface area contributed by atoms with E-state index in [-0.39, 0.29) is 16.9 Å². The number of anilines is 2. The van der Waals surface area contributed by atoms with E-state index < -0.39 is 0 Å². The molecule has 0 atom stereocenters. The Bertz CT molecular complexity index is 1100. The molecule has 0 saturated carbocycles. The maximum Gasteiger partial charge on any atom is 0.257 e. The minimum Gasteiger partial charge on any atom is -0.494 e. The molecule has 0 heterocycles. The van der Waals surface area contributed by atoms with Crippen LogP contribution in [-0.4, -0.2) is 23.5 Å². The van der Waals surface area contributed by atoms with Crippen LogP contribution in [0.5, 0.6) is 5.75 Å². The molecule has 0 aliphatic rings. The van der Waals surface area contributed by atoms with Crippen LogP contribution in [0.25, 0.3) is 0 Å². The van der Waals surface area contributed by atoms with Gasteiger partial charge in [-0.3, -0.25) is 14.9 Å². The van der Waals surface area contributed by atoms with E-state index in [0.29, 0.717) is 36.4 Å². The summed E-state index contributed by atoms with van der Waals surface area (Å²) in [6.07, 6.45) is 4.39. The predicted octanol–water partition coefficient (Wildman–Crippen LogP) is 5.95. The molecular formula is C28H31N3O3S. The fourth-order valence-electron chi connectivity index (χ4n) is 3.35. The Morgan fingerprint density at radius 3 is 2.14 bits per heavy atom. The summed E-state index contributed by atoms with van der Waals surface area (Å²) in [5, 5.41) is 8.74. The molecule has 7 heteroatoms. The van der Waals surface area contributed by atoms with Crippen LogP contribution in [-0.2, 0) is 11.2 Å². The lowest BCUT2D eigenvalue weighted by Gasteiger charge is -2.11. The minimum atomic E-state index is -0.303. The number of rotatable bonds is 11. The second-order valence-corrected chi connectivity index (χ2v) is 8.51. The van der Waals surface area contributed by atoms with Gasteiger partial charge in [-0.25, -0.2) is 0 Å². The van der Waals surface area contributed by atoms with Crippen molar-refractivity contribution in [2.24, 2.45) is 0 Å². The largest absolute Gasteiger partial charge is 0.494 e. The third-order valence-corrected chi connectivity index (χ3v) is 5.47. The second kappa shape index (κ2) is 13.9. The monoisotopic (exact) mass is 489 g/mol. The van der Waals surface area contributed by atoms with Crippen LogP contribution < -0.4 is 20.7 Å². The van der Waals surface area contributed by atoms with E-state index in [2.05, 4.69) is 22.9 Å². The van der Waals surface area contributed by atoms with Gasteiger partial charge in [0, 0.05) is 23.4 Å². The molecule has 35 heavy (non-hydrogen) atoms. The van der Waals surface area contributed by atoms with Crippen molar-refractivity contribution in [2.75, 3.05) is 17.2 Å². The molecule has 0 radical (unpaired) electrons. The SMILES string of the molecule is CCCCCOc1ccc(C(=O)NC(=S)Nc2ccc(NC(=O)CCc3ccccc3)cc2)cc1. The molecule has 0 spiro atoms. The molecule has 0 unspecified atom stereocenters. The van der Waals surface area contributed by atoms with Crippen molar-refractivity contribution in [3.05, 3.63) is 90.0 Å². The Balaban J connectivity index is 1.41. The van der Waals surface area contributed by atoms with E-state index >= 15 is 0 Å². The summed E-state index contributed by atoms with van der Waals surface area (Å²) >= 11 is 5.27. The van der Waals surface area contributed by atoms with Crippen LogP contribution in [0.4, 0.5) is 11.4 Å². The second-order valence-electron chi connectivity index (χ2n) is 8.10. The first-order valence-corrected chi connectivity index (χ1v) is 12.2. The van der Waals surface area contributed by atoms with Crippen molar-refractivity contribution >= 4 is 40.5 Å². The van der Waals surface area contributed by atoms with Crippen molar-refractivity contribution in [3.8, 4) is 5.75 Å². The maximum absolute atomic E-state index is 12.5. The van der Waals surface area contributed by atoms with Gasteiger partial charge in [0.05, 0.1) is 6.61 Å². The van der Waals surface area contributed by atoms with Gasteiger partial charge in [-0.2, -0.15) is 0 Å². The molecule has 3 aromatic rings. The van der Waals surface area contributed by atoms with E-state index in [0.717, 1.165) is 30.6 Å². The van der Waals surface area contributed by atoms with Crippen LogP contribution in [0.15, 0.2) is 78.9 Å². The molecule has 0 saturated heterocycles. The highest BCUT2D eigenvalue weighted by atomic mass is 32.1. The minimum absolute atomic E-state index is 0.0466. The first-order chi connectivity index (χ1) is 17.0. The Morgan fingerprint density at radius 1 is 0.829 bits per heavy atom. The maximum atomic E-state index is 12.5. The summed E-state index contributed by atoms with van der Waals surface area (Å²) in [4.78, 5) is 24.7. The number of thiocarbonyl (C=S) groups is 1. The van der Waals surface area contributed by atoms with Crippen LogP contribution in [0.1, 0.15) is 48.5 Å².